The van der Waals surface area contributed by atoms with Crippen LogP contribution in [0.15, 0.2) is 23.2 Å². The Morgan fingerprint density at radius 3 is 2.27 bits per heavy atom. The molecule has 1 aromatic rings. The van der Waals surface area contributed by atoms with Crippen LogP contribution in [-0.2, 0) is 6.42 Å². The average molecular weight is 425 g/mol. The smallest absolute Gasteiger partial charge is 0.403 e. The van der Waals surface area contributed by atoms with E-state index in [0.717, 1.165) is 18.2 Å². The van der Waals surface area contributed by atoms with Crippen LogP contribution in [0.4, 0.5) is 30.7 Å². The molecule has 2 atom stereocenters. The molecule has 1 saturated carbocycles. The predicted molar refractivity (Wildman–Crippen MR) is 82.5 cm³/mol. The van der Waals surface area contributed by atoms with Crippen LogP contribution in [-0.4, -0.2) is 12.5 Å². The molecule has 0 amide bonds. The summed E-state index contributed by atoms with van der Waals surface area (Å²) in [4.78, 5) is 0. The van der Waals surface area contributed by atoms with Crippen molar-refractivity contribution in [2.45, 2.75) is 32.8 Å². The topological polar surface area (TPSA) is 9.23 Å². The standard InChI is InChI=1S/C16H13Cl2F7O/c1-14(2)8(9(14)6-12(18)15(20,21)22)3-7-4-10(17)13(19)11(5-7)26-16(23,24)25/h4-6,8-9H,3H2,1-2H3. The van der Waals surface area contributed by atoms with Crippen molar-refractivity contribution in [3.63, 3.8) is 0 Å². The molecule has 10 heteroatoms. The second-order valence-corrected chi connectivity index (χ2v) is 7.42. The molecule has 0 aromatic heterocycles. The molecule has 2 unspecified atom stereocenters. The SMILES string of the molecule is CC1(C)C(C=C(Cl)C(F)(F)F)C1Cc1cc(Cl)c(F)c(OC(F)(F)F)c1. The molecule has 0 spiro atoms. The summed E-state index contributed by atoms with van der Waals surface area (Å²) in [5.41, 5.74) is -0.343. The number of allylic oxidation sites excluding steroid dienone is 2. The molecule has 0 radical (unpaired) electrons. The van der Waals surface area contributed by atoms with E-state index in [9.17, 15) is 30.7 Å². The van der Waals surface area contributed by atoms with E-state index >= 15 is 0 Å². The monoisotopic (exact) mass is 424 g/mol. The Morgan fingerprint density at radius 1 is 1.19 bits per heavy atom. The van der Waals surface area contributed by atoms with E-state index in [0.29, 0.717) is 0 Å². The minimum absolute atomic E-state index is 0.0877. The summed E-state index contributed by atoms with van der Waals surface area (Å²) in [6.07, 6.45) is -8.79. The van der Waals surface area contributed by atoms with E-state index in [-0.39, 0.29) is 17.9 Å². The van der Waals surface area contributed by atoms with Gasteiger partial charge in [-0.15, -0.1) is 13.2 Å². The van der Waals surface area contributed by atoms with Crippen LogP contribution in [0.5, 0.6) is 5.75 Å². The highest BCUT2D eigenvalue weighted by atomic mass is 35.5. The Kier molecular flexibility index (Phi) is 5.52. The number of hydrogen-bond acceptors (Lipinski definition) is 1. The zero-order valence-corrected chi connectivity index (χ0v) is 14.9. The first-order valence-electron chi connectivity index (χ1n) is 7.31. The minimum Gasteiger partial charge on any atom is -0.403 e. The number of hydrogen-bond donors (Lipinski definition) is 0. The van der Waals surface area contributed by atoms with Gasteiger partial charge in [0.2, 0.25) is 0 Å². The second kappa shape index (κ2) is 6.78. The van der Waals surface area contributed by atoms with Gasteiger partial charge in [0.25, 0.3) is 0 Å². The number of halogens is 9. The number of alkyl halides is 6. The first-order chi connectivity index (χ1) is 11.6. The molecule has 0 N–H and O–H groups in total. The van der Waals surface area contributed by atoms with Gasteiger partial charge in [0, 0.05) is 0 Å². The van der Waals surface area contributed by atoms with Gasteiger partial charge in [-0.3, -0.25) is 0 Å². The molecule has 1 nitrogen and oxygen atoms in total. The Bertz CT molecular complexity index is 723. The van der Waals surface area contributed by atoms with Gasteiger partial charge in [0.05, 0.1) is 5.02 Å². The summed E-state index contributed by atoms with van der Waals surface area (Å²) in [5.74, 6) is -3.32. The van der Waals surface area contributed by atoms with Crippen molar-refractivity contribution in [2.24, 2.45) is 17.3 Å². The molecule has 146 valence electrons. The first kappa shape index (κ1) is 21.2. The molecule has 0 bridgehead atoms. The Hall–Kier alpha value is -1.15. The molecular formula is C16H13Cl2F7O. The van der Waals surface area contributed by atoms with Crippen LogP contribution in [0.2, 0.25) is 5.02 Å². The maximum atomic E-state index is 13.7. The van der Waals surface area contributed by atoms with Gasteiger partial charge in [-0.05, 0) is 41.4 Å². The van der Waals surface area contributed by atoms with Gasteiger partial charge >= 0.3 is 12.5 Å². The largest absolute Gasteiger partial charge is 0.573 e. The molecule has 1 aliphatic rings. The van der Waals surface area contributed by atoms with Crippen molar-refractivity contribution in [1.82, 2.24) is 0 Å². The summed E-state index contributed by atoms with van der Waals surface area (Å²) in [7, 11) is 0. The highest BCUT2D eigenvalue weighted by Gasteiger charge is 2.56. The van der Waals surface area contributed by atoms with Crippen molar-refractivity contribution >= 4 is 23.2 Å². The van der Waals surface area contributed by atoms with Crippen LogP contribution in [0.3, 0.4) is 0 Å². The lowest BCUT2D eigenvalue weighted by Crippen LogP contribution is -2.18. The number of ether oxygens (including phenoxy) is 1. The quantitative estimate of drug-likeness (QED) is 0.478. The third kappa shape index (κ3) is 4.76. The van der Waals surface area contributed by atoms with Crippen LogP contribution in [0.1, 0.15) is 19.4 Å². The van der Waals surface area contributed by atoms with Gasteiger partial charge in [0.15, 0.2) is 11.6 Å². The minimum atomic E-state index is -5.10. The lowest BCUT2D eigenvalue weighted by molar-refractivity contribution is -0.275. The molecule has 0 heterocycles. The first-order valence-corrected chi connectivity index (χ1v) is 8.06. The molecule has 0 aliphatic heterocycles. The van der Waals surface area contributed by atoms with Crippen molar-refractivity contribution in [2.75, 3.05) is 0 Å². The summed E-state index contributed by atoms with van der Waals surface area (Å²) in [5, 5.41) is -1.82. The van der Waals surface area contributed by atoms with Crippen molar-refractivity contribution in [1.29, 1.82) is 0 Å². The van der Waals surface area contributed by atoms with E-state index < -0.39 is 45.5 Å². The molecule has 2 rings (SSSR count). The Balaban J connectivity index is 2.24. The molecule has 26 heavy (non-hydrogen) atoms. The van der Waals surface area contributed by atoms with Gasteiger partial charge < -0.3 is 4.74 Å². The summed E-state index contributed by atoms with van der Waals surface area (Å²) >= 11 is 10.9. The highest BCUT2D eigenvalue weighted by molar-refractivity contribution is 6.31. The van der Waals surface area contributed by atoms with Crippen molar-refractivity contribution in [3.8, 4) is 5.75 Å². The van der Waals surface area contributed by atoms with Gasteiger partial charge in [0.1, 0.15) is 5.03 Å². The number of benzene rings is 1. The maximum absolute atomic E-state index is 13.7. The maximum Gasteiger partial charge on any atom is 0.573 e. The van der Waals surface area contributed by atoms with Crippen molar-refractivity contribution in [3.05, 3.63) is 39.6 Å². The van der Waals surface area contributed by atoms with Crippen LogP contribution in [0.25, 0.3) is 0 Å². The molecule has 1 fully saturated rings. The van der Waals surface area contributed by atoms with Crippen LogP contribution in [0, 0.1) is 23.1 Å². The van der Waals surface area contributed by atoms with E-state index in [1.165, 1.54) is 0 Å². The van der Waals surface area contributed by atoms with Crippen LogP contribution < -0.4 is 4.74 Å². The van der Waals surface area contributed by atoms with Crippen molar-refractivity contribution < 1.29 is 35.5 Å². The zero-order chi connectivity index (χ0) is 20.1. The van der Waals surface area contributed by atoms with Gasteiger partial charge in [-0.1, -0.05) is 43.1 Å². The molecule has 1 aromatic carbocycles. The zero-order valence-electron chi connectivity index (χ0n) is 13.4. The lowest BCUT2D eigenvalue weighted by atomic mass is 10.0. The van der Waals surface area contributed by atoms with Gasteiger partial charge in [-0.25, -0.2) is 4.39 Å². The third-order valence-electron chi connectivity index (χ3n) is 4.47. The lowest BCUT2D eigenvalue weighted by Gasteiger charge is -2.12. The fourth-order valence-corrected chi connectivity index (χ4v) is 3.32. The third-order valence-corrected chi connectivity index (χ3v) is 5.09. The highest BCUT2D eigenvalue weighted by Crippen LogP contribution is 2.61. The van der Waals surface area contributed by atoms with E-state index in [1.807, 2.05) is 0 Å². The second-order valence-electron chi connectivity index (χ2n) is 6.61. The predicted octanol–water partition coefficient (Wildman–Crippen LogP) is 6.88. The average Bonchev–Trinajstić information content (AvgIpc) is 2.93. The Morgan fingerprint density at radius 2 is 1.77 bits per heavy atom. The van der Waals surface area contributed by atoms with Gasteiger partial charge in [-0.2, -0.15) is 13.2 Å². The van der Waals surface area contributed by atoms with E-state index in [2.05, 4.69) is 4.74 Å². The fraction of sp³-hybridized carbons (Fsp3) is 0.500. The summed E-state index contributed by atoms with van der Waals surface area (Å²) in [6.45, 7) is 3.41. The van der Waals surface area contributed by atoms with E-state index in [4.69, 9.17) is 23.2 Å². The fourth-order valence-electron chi connectivity index (χ4n) is 2.95. The van der Waals surface area contributed by atoms with E-state index in [1.54, 1.807) is 13.8 Å². The normalized spacial score (nSPS) is 23.1. The molecule has 0 saturated heterocycles. The van der Waals surface area contributed by atoms with Crippen LogP contribution >= 0.6 is 23.2 Å². The molecular weight excluding hydrogens is 412 g/mol. The summed E-state index contributed by atoms with van der Waals surface area (Å²) < 4.78 is 92.0. The molecule has 1 aliphatic carbocycles. The number of rotatable bonds is 4. The Labute approximate surface area is 154 Å². The summed E-state index contributed by atoms with van der Waals surface area (Å²) in [6, 6.07) is 1.97.